The number of benzene rings is 1. The number of anilines is 1. The maximum atomic E-state index is 14.2. The minimum absolute atomic E-state index is 0.0338. The van der Waals surface area contributed by atoms with Gasteiger partial charge in [0.1, 0.15) is 5.69 Å². The van der Waals surface area contributed by atoms with Crippen LogP contribution in [0.3, 0.4) is 0 Å². The van der Waals surface area contributed by atoms with Gasteiger partial charge in [0, 0.05) is 30.3 Å². The van der Waals surface area contributed by atoms with Crippen LogP contribution in [-0.4, -0.2) is 29.1 Å². The average Bonchev–Trinajstić information content (AvgIpc) is 2.71. The van der Waals surface area contributed by atoms with Gasteiger partial charge in [-0.3, -0.25) is 14.6 Å². The maximum Gasteiger partial charge on any atom is 0.573 e. The largest absolute Gasteiger partial charge is 0.573 e. The number of rotatable bonds is 5. The molecule has 1 aromatic carbocycles. The minimum atomic E-state index is -5.40. The number of pyridine rings is 1. The number of aromatic nitrogens is 1. The quantitative estimate of drug-likeness (QED) is 0.617. The zero-order valence-electron chi connectivity index (χ0n) is 16.6. The standard InChI is InChI=1S/C20H16F7N3O3/c21-13-2-1-11(16(15(13)22)33-20(25,26)27)10-3-5-19(23,24)8-12(10)18(32)30-9-4-6-29-14(7-9)17(28)31/h1-2,4,6-7,10,12H,3,5,8H2,(H2,28,31)(H,29,30,32). The molecule has 2 aromatic rings. The summed E-state index contributed by atoms with van der Waals surface area (Å²) in [5, 5.41) is 2.29. The second kappa shape index (κ2) is 8.87. The van der Waals surface area contributed by atoms with E-state index in [0.29, 0.717) is 6.07 Å². The molecular formula is C20H16F7N3O3. The van der Waals surface area contributed by atoms with Crippen LogP contribution < -0.4 is 15.8 Å². The first-order chi connectivity index (χ1) is 15.3. The van der Waals surface area contributed by atoms with Crippen molar-refractivity contribution in [2.75, 3.05) is 5.32 Å². The van der Waals surface area contributed by atoms with Gasteiger partial charge in [0.15, 0.2) is 11.6 Å². The summed E-state index contributed by atoms with van der Waals surface area (Å²) in [5.74, 6) is -13.4. The van der Waals surface area contributed by atoms with Crippen molar-refractivity contribution in [1.82, 2.24) is 4.98 Å². The van der Waals surface area contributed by atoms with Crippen LogP contribution in [0.1, 0.15) is 41.2 Å². The average molecular weight is 479 g/mol. The van der Waals surface area contributed by atoms with Crippen LogP contribution in [0, 0.1) is 17.6 Å². The molecular weight excluding hydrogens is 463 g/mol. The molecule has 6 nitrogen and oxygen atoms in total. The Morgan fingerprint density at radius 2 is 1.88 bits per heavy atom. The molecule has 1 aliphatic carbocycles. The number of carbonyl (C=O) groups excluding carboxylic acids is 2. The molecule has 2 unspecified atom stereocenters. The Labute approximate surface area is 181 Å². The van der Waals surface area contributed by atoms with Crippen molar-refractivity contribution < 1.29 is 45.1 Å². The molecule has 1 fully saturated rings. The Morgan fingerprint density at radius 3 is 2.52 bits per heavy atom. The maximum absolute atomic E-state index is 14.2. The molecule has 0 radical (unpaired) electrons. The number of carbonyl (C=O) groups is 2. The molecule has 1 heterocycles. The lowest BCUT2D eigenvalue weighted by Crippen LogP contribution is -2.39. The van der Waals surface area contributed by atoms with E-state index in [2.05, 4.69) is 15.0 Å². The predicted octanol–water partition coefficient (Wildman–Crippen LogP) is 4.52. The smallest absolute Gasteiger partial charge is 0.402 e. The first-order valence-corrected chi connectivity index (χ1v) is 9.45. The van der Waals surface area contributed by atoms with Crippen LogP contribution in [0.4, 0.5) is 36.4 Å². The van der Waals surface area contributed by atoms with Crippen molar-refractivity contribution in [3.63, 3.8) is 0 Å². The fraction of sp³-hybridized carbons (Fsp3) is 0.350. The Bertz CT molecular complexity index is 1080. The number of alkyl halides is 5. The monoisotopic (exact) mass is 479 g/mol. The lowest BCUT2D eigenvalue weighted by Gasteiger charge is -2.36. The number of nitrogens with zero attached hydrogens (tertiary/aromatic N) is 1. The molecule has 2 amide bonds. The van der Waals surface area contributed by atoms with Gasteiger partial charge in [-0.1, -0.05) is 6.07 Å². The first kappa shape index (κ1) is 24.3. The summed E-state index contributed by atoms with van der Waals surface area (Å²) in [7, 11) is 0. The summed E-state index contributed by atoms with van der Waals surface area (Å²) in [6, 6.07) is 3.60. The lowest BCUT2D eigenvalue weighted by atomic mass is 9.73. The zero-order valence-corrected chi connectivity index (χ0v) is 16.6. The molecule has 1 aromatic heterocycles. The molecule has 2 atom stereocenters. The number of ether oxygens (including phenoxy) is 1. The zero-order chi connectivity index (χ0) is 24.6. The van der Waals surface area contributed by atoms with Gasteiger partial charge in [-0.25, -0.2) is 13.2 Å². The highest BCUT2D eigenvalue weighted by atomic mass is 19.4. The Kier molecular flexibility index (Phi) is 6.52. The van der Waals surface area contributed by atoms with E-state index in [-0.39, 0.29) is 11.4 Å². The molecule has 0 bridgehead atoms. The number of hydrogen-bond donors (Lipinski definition) is 2. The van der Waals surface area contributed by atoms with Gasteiger partial charge in [0.2, 0.25) is 17.6 Å². The van der Waals surface area contributed by atoms with E-state index >= 15 is 0 Å². The van der Waals surface area contributed by atoms with Gasteiger partial charge in [0.25, 0.3) is 5.91 Å². The Hall–Kier alpha value is -3.38. The van der Waals surface area contributed by atoms with Gasteiger partial charge < -0.3 is 15.8 Å². The molecule has 3 N–H and O–H groups in total. The van der Waals surface area contributed by atoms with Crippen molar-refractivity contribution in [2.24, 2.45) is 11.7 Å². The van der Waals surface area contributed by atoms with Gasteiger partial charge in [-0.05, 0) is 30.5 Å². The Morgan fingerprint density at radius 1 is 1.18 bits per heavy atom. The van der Waals surface area contributed by atoms with Crippen molar-refractivity contribution >= 4 is 17.5 Å². The summed E-state index contributed by atoms with van der Waals surface area (Å²) in [5.41, 5.74) is 4.25. The van der Waals surface area contributed by atoms with E-state index in [1.807, 2.05) is 0 Å². The van der Waals surface area contributed by atoms with Crippen LogP contribution in [0.5, 0.6) is 5.75 Å². The molecule has 13 heteroatoms. The summed E-state index contributed by atoms with van der Waals surface area (Å²) < 4.78 is 98.2. The van der Waals surface area contributed by atoms with Gasteiger partial charge in [-0.15, -0.1) is 13.2 Å². The number of halogens is 7. The highest BCUT2D eigenvalue weighted by Gasteiger charge is 2.47. The number of amides is 2. The van der Waals surface area contributed by atoms with Gasteiger partial charge in [-0.2, -0.15) is 4.39 Å². The second-order valence-electron chi connectivity index (χ2n) is 7.42. The molecule has 178 valence electrons. The van der Waals surface area contributed by atoms with E-state index in [1.165, 1.54) is 6.07 Å². The normalized spacial score (nSPS) is 20.2. The van der Waals surface area contributed by atoms with Crippen LogP contribution in [0.25, 0.3) is 0 Å². The number of nitrogens with one attached hydrogen (secondary N) is 1. The highest BCUT2D eigenvalue weighted by Crippen LogP contribution is 2.48. The SMILES string of the molecule is NC(=O)c1cc(NC(=O)C2CC(F)(F)CCC2c2ccc(F)c(F)c2OC(F)(F)F)ccn1. The minimum Gasteiger partial charge on any atom is -0.402 e. The third kappa shape index (κ3) is 5.71. The molecule has 0 spiro atoms. The number of primary amides is 1. The molecule has 33 heavy (non-hydrogen) atoms. The third-order valence-corrected chi connectivity index (χ3v) is 5.14. The highest BCUT2D eigenvalue weighted by molar-refractivity contribution is 5.96. The number of hydrogen-bond acceptors (Lipinski definition) is 4. The lowest BCUT2D eigenvalue weighted by molar-refractivity contribution is -0.276. The van der Waals surface area contributed by atoms with Crippen molar-refractivity contribution in [3.05, 3.63) is 53.4 Å². The molecule has 0 aliphatic heterocycles. The van der Waals surface area contributed by atoms with E-state index < -0.39 is 78.1 Å². The summed E-state index contributed by atoms with van der Waals surface area (Å²) >= 11 is 0. The summed E-state index contributed by atoms with van der Waals surface area (Å²) in [6.45, 7) is 0. The summed E-state index contributed by atoms with van der Waals surface area (Å²) in [6.07, 6.45) is -6.66. The van der Waals surface area contributed by atoms with E-state index in [4.69, 9.17) is 5.73 Å². The van der Waals surface area contributed by atoms with Crippen LogP contribution in [-0.2, 0) is 4.79 Å². The van der Waals surface area contributed by atoms with Crippen LogP contribution in [0.15, 0.2) is 30.5 Å². The van der Waals surface area contributed by atoms with Crippen molar-refractivity contribution in [3.8, 4) is 5.75 Å². The summed E-state index contributed by atoms with van der Waals surface area (Å²) in [4.78, 5) is 27.8. The molecule has 1 aliphatic rings. The molecule has 1 saturated carbocycles. The van der Waals surface area contributed by atoms with E-state index in [0.717, 1.165) is 18.3 Å². The van der Waals surface area contributed by atoms with Crippen molar-refractivity contribution in [1.29, 1.82) is 0 Å². The third-order valence-electron chi connectivity index (χ3n) is 5.14. The second-order valence-corrected chi connectivity index (χ2v) is 7.42. The van der Waals surface area contributed by atoms with Gasteiger partial charge in [0.05, 0.1) is 5.92 Å². The van der Waals surface area contributed by atoms with E-state index in [1.54, 1.807) is 0 Å². The fourth-order valence-corrected chi connectivity index (χ4v) is 3.72. The predicted molar refractivity (Wildman–Crippen MR) is 99.5 cm³/mol. The Balaban J connectivity index is 1.99. The topological polar surface area (TPSA) is 94.3 Å². The molecule has 0 saturated heterocycles. The van der Waals surface area contributed by atoms with Crippen molar-refractivity contribution in [2.45, 2.75) is 37.5 Å². The van der Waals surface area contributed by atoms with Crippen LogP contribution in [0.2, 0.25) is 0 Å². The van der Waals surface area contributed by atoms with Crippen LogP contribution >= 0.6 is 0 Å². The first-order valence-electron chi connectivity index (χ1n) is 9.45. The van der Waals surface area contributed by atoms with E-state index in [9.17, 15) is 40.3 Å². The number of nitrogens with two attached hydrogens (primary N) is 1. The van der Waals surface area contributed by atoms with Gasteiger partial charge >= 0.3 is 6.36 Å². The molecule has 3 rings (SSSR count). The fourth-order valence-electron chi connectivity index (χ4n) is 3.72.